The maximum atomic E-state index is 13.0. The highest BCUT2D eigenvalue weighted by Crippen LogP contribution is 2.32. The van der Waals surface area contributed by atoms with E-state index in [1.54, 1.807) is 30.3 Å². The Morgan fingerprint density at radius 1 is 0.897 bits per heavy atom. The monoisotopic (exact) mass is 406 g/mol. The Labute approximate surface area is 169 Å². The highest BCUT2D eigenvalue weighted by Gasteiger charge is 2.31. The van der Waals surface area contributed by atoms with E-state index in [1.165, 1.54) is 24.3 Å². The molecule has 7 nitrogen and oxygen atoms in total. The number of fused-ring (bicyclic) bond motifs is 2. The van der Waals surface area contributed by atoms with Gasteiger partial charge in [0.25, 0.3) is 11.6 Å². The molecule has 0 fully saturated rings. The molecule has 3 aromatic rings. The molecule has 0 atom stereocenters. The Hall–Kier alpha value is -3.84. The smallest absolute Gasteiger partial charge is 0.288 e. The zero-order chi connectivity index (χ0) is 20.7. The van der Waals surface area contributed by atoms with Crippen LogP contribution in [0.15, 0.2) is 60.7 Å². The van der Waals surface area contributed by atoms with Gasteiger partial charge < -0.3 is 5.32 Å². The van der Waals surface area contributed by atoms with Crippen LogP contribution < -0.4 is 5.32 Å². The van der Waals surface area contributed by atoms with E-state index in [4.69, 9.17) is 11.6 Å². The quantitative estimate of drug-likeness (QED) is 0.403. The maximum absolute atomic E-state index is 13.0. The van der Waals surface area contributed by atoms with E-state index >= 15 is 0 Å². The van der Waals surface area contributed by atoms with Crippen LogP contribution >= 0.6 is 11.6 Å². The summed E-state index contributed by atoms with van der Waals surface area (Å²) in [4.78, 5) is 48.7. The highest BCUT2D eigenvalue weighted by atomic mass is 35.5. The fourth-order valence-electron chi connectivity index (χ4n) is 3.24. The van der Waals surface area contributed by atoms with Crippen LogP contribution in [0.2, 0.25) is 5.02 Å². The third-order valence-corrected chi connectivity index (χ3v) is 4.93. The molecular weight excluding hydrogens is 396 g/mol. The SMILES string of the molecule is O=C(Nc1cccc2c1C(=O)c1ccccc1C2=O)c1ccc(Cl)c([N+](=O)[O-])c1. The number of nitro benzene ring substituents is 1. The summed E-state index contributed by atoms with van der Waals surface area (Å²) in [5.74, 6) is -1.36. The molecule has 0 heterocycles. The molecule has 0 radical (unpaired) electrons. The molecule has 0 bridgehead atoms. The number of anilines is 1. The molecule has 4 rings (SSSR count). The number of amides is 1. The zero-order valence-corrected chi connectivity index (χ0v) is 15.4. The summed E-state index contributed by atoms with van der Waals surface area (Å²) in [7, 11) is 0. The summed E-state index contributed by atoms with van der Waals surface area (Å²) < 4.78 is 0. The number of hydrogen-bond donors (Lipinski definition) is 1. The van der Waals surface area contributed by atoms with Crippen LogP contribution in [-0.4, -0.2) is 22.4 Å². The van der Waals surface area contributed by atoms with Crippen LogP contribution in [-0.2, 0) is 0 Å². The Kier molecular flexibility index (Phi) is 4.44. The molecule has 0 unspecified atom stereocenters. The number of nitrogens with one attached hydrogen (secondary N) is 1. The predicted molar refractivity (Wildman–Crippen MR) is 106 cm³/mol. The Balaban J connectivity index is 1.74. The van der Waals surface area contributed by atoms with Crippen LogP contribution in [0.3, 0.4) is 0 Å². The first-order valence-corrected chi connectivity index (χ1v) is 8.83. The topological polar surface area (TPSA) is 106 Å². The third kappa shape index (κ3) is 3.07. The molecular formula is C21H11ClN2O5. The van der Waals surface area contributed by atoms with Crippen molar-refractivity contribution in [1.82, 2.24) is 0 Å². The van der Waals surface area contributed by atoms with Crippen LogP contribution in [0.5, 0.6) is 0 Å². The van der Waals surface area contributed by atoms with Crippen LogP contribution in [0.4, 0.5) is 11.4 Å². The summed E-state index contributed by atoms with van der Waals surface area (Å²) in [6.07, 6.45) is 0. The van der Waals surface area contributed by atoms with Gasteiger partial charge in [-0.3, -0.25) is 24.5 Å². The minimum Gasteiger partial charge on any atom is -0.321 e. The number of rotatable bonds is 3. The number of carbonyl (C=O) groups excluding carboxylic acids is 3. The van der Waals surface area contributed by atoms with Gasteiger partial charge in [-0.1, -0.05) is 48.0 Å². The Bertz CT molecular complexity index is 1240. The van der Waals surface area contributed by atoms with Crippen LogP contribution in [0.25, 0.3) is 0 Å². The number of nitrogens with zero attached hydrogens (tertiary/aromatic N) is 1. The summed E-state index contributed by atoms with van der Waals surface area (Å²) in [6, 6.07) is 14.7. The number of ketones is 2. The van der Waals surface area contributed by atoms with Gasteiger partial charge in [0.15, 0.2) is 11.6 Å². The van der Waals surface area contributed by atoms with Crippen LogP contribution in [0.1, 0.15) is 42.2 Å². The predicted octanol–water partition coefficient (Wildman–Crippen LogP) is 4.28. The second-order valence-corrected chi connectivity index (χ2v) is 6.72. The van der Waals surface area contributed by atoms with Crippen molar-refractivity contribution in [3.05, 3.63) is 104 Å². The largest absolute Gasteiger partial charge is 0.321 e. The van der Waals surface area contributed by atoms with Gasteiger partial charge >= 0.3 is 0 Å². The van der Waals surface area contributed by atoms with E-state index in [1.807, 2.05) is 0 Å². The molecule has 0 saturated heterocycles. The molecule has 1 amide bonds. The van der Waals surface area contributed by atoms with Gasteiger partial charge in [-0.15, -0.1) is 0 Å². The molecule has 29 heavy (non-hydrogen) atoms. The van der Waals surface area contributed by atoms with Crippen molar-refractivity contribution in [2.45, 2.75) is 0 Å². The third-order valence-electron chi connectivity index (χ3n) is 4.61. The van der Waals surface area contributed by atoms with Crippen molar-refractivity contribution >= 4 is 40.4 Å². The first-order chi connectivity index (χ1) is 13.9. The molecule has 0 aromatic heterocycles. The average Bonchev–Trinajstić information content (AvgIpc) is 2.72. The Morgan fingerprint density at radius 3 is 2.24 bits per heavy atom. The number of hydrogen-bond acceptors (Lipinski definition) is 5. The normalized spacial score (nSPS) is 12.2. The van der Waals surface area contributed by atoms with Gasteiger partial charge in [-0.2, -0.15) is 0 Å². The molecule has 1 aliphatic carbocycles. The number of nitro groups is 1. The van der Waals surface area contributed by atoms with E-state index < -0.39 is 16.5 Å². The lowest BCUT2D eigenvalue weighted by Gasteiger charge is -2.20. The zero-order valence-electron chi connectivity index (χ0n) is 14.6. The maximum Gasteiger partial charge on any atom is 0.288 e. The van der Waals surface area contributed by atoms with Gasteiger partial charge in [0.2, 0.25) is 0 Å². The average molecular weight is 407 g/mol. The lowest BCUT2D eigenvalue weighted by Crippen LogP contribution is -2.23. The molecule has 0 saturated carbocycles. The molecule has 142 valence electrons. The van der Waals surface area contributed by atoms with E-state index in [9.17, 15) is 24.5 Å². The van der Waals surface area contributed by atoms with E-state index in [0.29, 0.717) is 5.56 Å². The van der Waals surface area contributed by atoms with Crippen LogP contribution in [0, 0.1) is 10.1 Å². The second kappa shape index (κ2) is 6.96. The first-order valence-electron chi connectivity index (χ1n) is 8.45. The molecule has 1 N–H and O–H groups in total. The van der Waals surface area contributed by atoms with Gasteiger partial charge in [-0.25, -0.2) is 0 Å². The standard InChI is InChI=1S/C21H11ClN2O5/c22-15-9-8-11(10-17(15)24(28)29)21(27)23-16-7-3-6-14-18(16)20(26)13-5-2-1-4-12(13)19(14)25/h1-10H,(H,23,27). The first kappa shape index (κ1) is 18.5. The van der Waals surface area contributed by atoms with Crippen molar-refractivity contribution in [3.63, 3.8) is 0 Å². The number of carbonyl (C=O) groups is 3. The van der Waals surface area contributed by atoms with Crippen molar-refractivity contribution in [2.24, 2.45) is 0 Å². The molecule has 3 aromatic carbocycles. The van der Waals surface area contributed by atoms with Crippen molar-refractivity contribution in [1.29, 1.82) is 0 Å². The van der Waals surface area contributed by atoms with Crippen molar-refractivity contribution < 1.29 is 19.3 Å². The lowest BCUT2D eigenvalue weighted by molar-refractivity contribution is -0.384. The fraction of sp³-hybridized carbons (Fsp3) is 0. The van der Waals surface area contributed by atoms with Gasteiger partial charge in [-0.05, 0) is 18.2 Å². The summed E-state index contributed by atoms with van der Waals surface area (Å²) in [5.41, 5.74) is 0.582. The highest BCUT2D eigenvalue weighted by molar-refractivity contribution is 6.33. The van der Waals surface area contributed by atoms with Gasteiger partial charge in [0.05, 0.1) is 16.2 Å². The summed E-state index contributed by atoms with van der Waals surface area (Å²) >= 11 is 5.78. The number of halogens is 1. The summed E-state index contributed by atoms with van der Waals surface area (Å²) in [5, 5.41) is 13.5. The molecule has 0 aliphatic heterocycles. The van der Waals surface area contributed by atoms with Crippen molar-refractivity contribution in [3.8, 4) is 0 Å². The minimum absolute atomic E-state index is 0.00584. The molecule has 8 heteroatoms. The minimum atomic E-state index is -0.692. The van der Waals surface area contributed by atoms with Gasteiger partial charge in [0.1, 0.15) is 5.02 Å². The van der Waals surface area contributed by atoms with E-state index in [2.05, 4.69) is 5.32 Å². The number of benzene rings is 3. The van der Waals surface area contributed by atoms with Crippen molar-refractivity contribution in [2.75, 3.05) is 5.32 Å². The summed E-state index contributed by atoms with van der Waals surface area (Å²) in [6.45, 7) is 0. The lowest BCUT2D eigenvalue weighted by atomic mass is 9.83. The second-order valence-electron chi connectivity index (χ2n) is 6.31. The molecule has 0 spiro atoms. The van der Waals surface area contributed by atoms with E-state index in [0.717, 1.165) is 6.07 Å². The fourth-order valence-corrected chi connectivity index (χ4v) is 3.42. The molecule has 1 aliphatic rings. The van der Waals surface area contributed by atoms with E-state index in [-0.39, 0.29) is 44.5 Å². The van der Waals surface area contributed by atoms with Gasteiger partial charge in [0, 0.05) is 28.3 Å². The Morgan fingerprint density at radius 2 is 1.55 bits per heavy atom.